The van der Waals surface area contributed by atoms with Gasteiger partial charge >= 0.3 is 0 Å². The topological polar surface area (TPSA) is 175 Å². The van der Waals surface area contributed by atoms with Crippen LogP contribution in [0.15, 0.2) is 81.2 Å². The van der Waals surface area contributed by atoms with Gasteiger partial charge in [0.2, 0.25) is 0 Å². The number of unbranched alkanes of at least 4 members (excludes halogenated alkanes) is 3. The number of amides is 2. The van der Waals surface area contributed by atoms with Crippen molar-refractivity contribution in [3.05, 3.63) is 93.7 Å². The van der Waals surface area contributed by atoms with E-state index in [1.165, 1.54) is 54.8 Å². The SMILES string of the molecule is CCCCCNCC1CCN(S(=O)(=O)c2ccc(CNC(=O)c3cccc(OC)c3)s2)CC1.CCCCNCCC1CCN(S(=O)(=O)c2ccc(CNC(=O)c3cccc(OC)c3)s2)CC1. The number of sulfonamides is 2. The molecule has 2 saturated heterocycles. The number of hydrogen-bond donors (Lipinski definition) is 4. The zero-order chi connectivity index (χ0) is 47.4. The number of rotatable bonds is 24. The fourth-order valence-corrected chi connectivity index (χ4v) is 13.7. The molecule has 2 aliphatic rings. The van der Waals surface area contributed by atoms with Gasteiger partial charge < -0.3 is 30.7 Å². The number of benzene rings is 2. The summed E-state index contributed by atoms with van der Waals surface area (Å²) in [5, 5.41) is 12.7. The summed E-state index contributed by atoms with van der Waals surface area (Å²) in [6, 6.07) is 20.7. The quantitative estimate of drug-likeness (QED) is 0.0509. The zero-order valence-electron chi connectivity index (χ0n) is 39.0. The van der Waals surface area contributed by atoms with E-state index >= 15 is 0 Å². The third-order valence-corrected chi connectivity index (χ3v) is 18.8. The molecule has 2 aliphatic heterocycles. The minimum Gasteiger partial charge on any atom is -0.497 e. The van der Waals surface area contributed by atoms with Gasteiger partial charge in [0, 0.05) is 47.1 Å². The maximum atomic E-state index is 13.1. The van der Waals surface area contributed by atoms with Gasteiger partial charge in [-0.1, -0.05) is 45.2 Å². The second-order valence-electron chi connectivity index (χ2n) is 16.8. The first-order valence-corrected chi connectivity index (χ1v) is 27.8. The van der Waals surface area contributed by atoms with Gasteiger partial charge in [0.1, 0.15) is 19.9 Å². The summed E-state index contributed by atoms with van der Waals surface area (Å²) in [4.78, 5) is 26.4. The van der Waals surface area contributed by atoms with Crippen molar-refractivity contribution in [2.24, 2.45) is 11.8 Å². The van der Waals surface area contributed by atoms with Gasteiger partial charge in [0.05, 0.1) is 27.3 Å². The second kappa shape index (κ2) is 27.2. The Labute approximate surface area is 401 Å². The lowest BCUT2D eigenvalue weighted by atomic mass is 9.95. The first-order valence-electron chi connectivity index (χ1n) is 23.3. The third-order valence-electron chi connectivity index (χ3n) is 11.9. The summed E-state index contributed by atoms with van der Waals surface area (Å²) in [5.74, 6) is 1.89. The molecule has 0 aliphatic carbocycles. The van der Waals surface area contributed by atoms with Crippen LogP contribution in [0.25, 0.3) is 0 Å². The first kappa shape index (κ1) is 53.1. The largest absolute Gasteiger partial charge is 0.497 e. The van der Waals surface area contributed by atoms with Crippen LogP contribution in [-0.4, -0.2) is 104 Å². The standard InChI is InChI=1S/2C24H35N3O4S2/c1-3-4-13-25-14-10-19-11-15-27(16-12-19)33(29,30)23-9-8-22(32-23)18-26-24(28)20-6-5-7-21(17-20)31-2;1-3-4-5-13-25-17-19-11-14-27(15-12-19)33(29,30)23-10-9-22(32-23)18-26-24(28)20-7-6-8-21(16-20)31-2/h5-9,17,19,25H,3-4,10-16,18H2,1-2H3,(H,26,28);6-10,16,19,25H,3-5,11-15,17-18H2,1-2H3,(H,26,28). The van der Waals surface area contributed by atoms with Crippen molar-refractivity contribution in [1.29, 1.82) is 0 Å². The number of thiophene rings is 2. The van der Waals surface area contributed by atoms with E-state index in [1.54, 1.807) is 95.6 Å². The lowest BCUT2D eigenvalue weighted by molar-refractivity contribution is 0.0943. The predicted octanol–water partition coefficient (Wildman–Crippen LogP) is 7.73. The number of carbonyl (C=O) groups excluding carboxylic acids is 2. The number of ether oxygens (including phenoxy) is 2. The molecule has 4 aromatic rings. The Morgan fingerprint density at radius 2 is 1.08 bits per heavy atom. The molecule has 4 N–H and O–H groups in total. The highest BCUT2D eigenvalue weighted by Crippen LogP contribution is 2.31. The molecule has 0 spiro atoms. The zero-order valence-corrected chi connectivity index (χ0v) is 42.3. The first-order chi connectivity index (χ1) is 31.9. The van der Waals surface area contributed by atoms with Crippen LogP contribution in [0.4, 0.5) is 0 Å². The second-order valence-corrected chi connectivity index (χ2v) is 23.4. The highest BCUT2D eigenvalue weighted by atomic mass is 32.3. The van der Waals surface area contributed by atoms with Gasteiger partial charge in [0.25, 0.3) is 31.9 Å². The highest BCUT2D eigenvalue weighted by Gasteiger charge is 2.32. The maximum Gasteiger partial charge on any atom is 0.252 e. The molecule has 0 saturated carbocycles. The Morgan fingerprint density at radius 3 is 1.55 bits per heavy atom. The molecule has 2 aromatic carbocycles. The van der Waals surface area contributed by atoms with E-state index in [2.05, 4.69) is 35.1 Å². The van der Waals surface area contributed by atoms with Crippen LogP contribution in [0.5, 0.6) is 11.5 Å². The van der Waals surface area contributed by atoms with Crippen molar-refractivity contribution in [1.82, 2.24) is 29.9 Å². The average molecular weight is 987 g/mol. The number of piperidine rings is 2. The van der Waals surface area contributed by atoms with Crippen LogP contribution in [-0.2, 0) is 33.1 Å². The number of nitrogens with zero attached hydrogens (tertiary/aromatic N) is 2. The number of hydrogen-bond acceptors (Lipinski definition) is 12. The van der Waals surface area contributed by atoms with Crippen molar-refractivity contribution in [3.63, 3.8) is 0 Å². The fraction of sp³-hybridized carbons (Fsp3) is 0.542. The fourth-order valence-electron chi connectivity index (χ4n) is 7.84. The highest BCUT2D eigenvalue weighted by molar-refractivity contribution is 7.91. The van der Waals surface area contributed by atoms with Gasteiger partial charge in [-0.3, -0.25) is 9.59 Å². The van der Waals surface area contributed by atoms with Gasteiger partial charge in [0.15, 0.2) is 0 Å². The Balaban J connectivity index is 0.000000247. The molecule has 0 atom stereocenters. The Morgan fingerprint density at radius 1 is 0.606 bits per heavy atom. The molecule has 6 rings (SSSR count). The van der Waals surface area contributed by atoms with E-state index in [0.717, 1.165) is 68.0 Å². The summed E-state index contributed by atoms with van der Waals surface area (Å²) < 4.78 is 66.6. The molecule has 2 aromatic heterocycles. The summed E-state index contributed by atoms with van der Waals surface area (Å²) in [5.41, 5.74) is 1.00. The summed E-state index contributed by atoms with van der Waals surface area (Å²) in [7, 11) is -3.88. The van der Waals surface area contributed by atoms with Crippen LogP contribution in [0.1, 0.15) is 109 Å². The smallest absolute Gasteiger partial charge is 0.252 e. The number of carbonyl (C=O) groups is 2. The van der Waals surface area contributed by atoms with Gasteiger partial charge in [-0.25, -0.2) is 16.8 Å². The molecule has 2 amide bonds. The van der Waals surface area contributed by atoms with Crippen molar-refractivity contribution < 1.29 is 35.9 Å². The van der Waals surface area contributed by atoms with Crippen molar-refractivity contribution in [2.45, 2.75) is 99.6 Å². The minimum atomic E-state index is -3.49. The molecular formula is C48H70N6O8S4. The van der Waals surface area contributed by atoms with Gasteiger partial charge in [-0.2, -0.15) is 8.61 Å². The van der Waals surface area contributed by atoms with Crippen molar-refractivity contribution in [2.75, 3.05) is 66.6 Å². The molecular weight excluding hydrogens is 917 g/mol. The van der Waals surface area contributed by atoms with Crippen LogP contribution < -0.4 is 30.7 Å². The summed E-state index contributed by atoms with van der Waals surface area (Å²) in [6.45, 7) is 11.3. The number of methoxy groups -OCH3 is 2. The Hall–Kier alpha value is -3.88. The van der Waals surface area contributed by atoms with E-state index < -0.39 is 20.0 Å². The van der Waals surface area contributed by atoms with E-state index in [4.69, 9.17) is 9.47 Å². The van der Waals surface area contributed by atoms with E-state index in [0.29, 0.717) is 69.1 Å². The normalized spacial score (nSPS) is 15.5. The van der Waals surface area contributed by atoms with Crippen molar-refractivity contribution in [3.8, 4) is 11.5 Å². The molecule has 18 heteroatoms. The Kier molecular flexibility index (Phi) is 21.9. The maximum absolute atomic E-state index is 13.1. The summed E-state index contributed by atoms with van der Waals surface area (Å²) >= 11 is 2.44. The molecule has 14 nitrogen and oxygen atoms in total. The van der Waals surface area contributed by atoms with Crippen LogP contribution in [0.3, 0.4) is 0 Å². The average Bonchev–Trinajstić information content (AvgIpc) is 4.05. The van der Waals surface area contributed by atoms with Gasteiger partial charge in [-0.15, -0.1) is 22.7 Å². The lowest BCUT2D eigenvalue weighted by Crippen LogP contribution is -2.40. The molecule has 66 heavy (non-hydrogen) atoms. The van der Waals surface area contributed by atoms with E-state index in [9.17, 15) is 26.4 Å². The van der Waals surface area contributed by atoms with Gasteiger partial charge in [-0.05, 0) is 144 Å². The molecule has 2 fully saturated rings. The van der Waals surface area contributed by atoms with E-state index in [1.807, 2.05) is 0 Å². The van der Waals surface area contributed by atoms with Crippen LogP contribution in [0, 0.1) is 11.8 Å². The van der Waals surface area contributed by atoms with Crippen LogP contribution >= 0.6 is 22.7 Å². The molecule has 0 bridgehead atoms. The number of nitrogens with one attached hydrogen (secondary N) is 4. The summed E-state index contributed by atoms with van der Waals surface area (Å²) in [6.07, 6.45) is 10.7. The Bertz CT molecular complexity index is 2160. The predicted molar refractivity (Wildman–Crippen MR) is 265 cm³/mol. The van der Waals surface area contributed by atoms with Crippen LogP contribution in [0.2, 0.25) is 0 Å². The monoisotopic (exact) mass is 986 g/mol. The molecule has 364 valence electrons. The lowest BCUT2D eigenvalue weighted by Gasteiger charge is -2.31. The molecule has 0 unspecified atom stereocenters. The minimum absolute atomic E-state index is 0.224. The third kappa shape index (κ3) is 16.1. The molecule has 0 radical (unpaired) electrons. The van der Waals surface area contributed by atoms with Crippen molar-refractivity contribution >= 4 is 54.5 Å². The van der Waals surface area contributed by atoms with E-state index in [-0.39, 0.29) is 24.9 Å². The molecule has 4 heterocycles.